The van der Waals surface area contributed by atoms with Gasteiger partial charge in [0.05, 0.1) is 31.1 Å². The Morgan fingerprint density at radius 1 is 0.549 bits per heavy atom. The molecule has 0 spiro atoms. The number of hydrogen-bond donors (Lipinski definition) is 3. The number of nitrogen functional groups attached to an aromatic ring is 1. The summed E-state index contributed by atoms with van der Waals surface area (Å²) in [6.07, 6.45) is 1.44. The minimum atomic E-state index is -1.56. The van der Waals surface area contributed by atoms with E-state index in [0.717, 1.165) is 31.3 Å². The topological polar surface area (TPSA) is 204 Å². The Morgan fingerprint density at radius 2 is 0.951 bits per heavy atom. The van der Waals surface area contributed by atoms with Gasteiger partial charge in [-0.15, -0.1) is 11.6 Å². The lowest BCUT2D eigenvalue weighted by Gasteiger charge is -2.33. The van der Waals surface area contributed by atoms with Crippen molar-refractivity contribution in [3.8, 4) is 0 Å². The first-order valence-corrected chi connectivity index (χ1v) is 35.4. The third-order valence-electron chi connectivity index (χ3n) is 14.3. The number of anilines is 6. The lowest BCUT2D eigenvalue weighted by Crippen LogP contribution is -2.45. The number of aliphatic imine (C=N–C) groups is 1. The number of urea groups is 2. The second-order valence-electron chi connectivity index (χ2n) is 24.0. The monoisotopic (exact) mass is 1600 g/mol. The molecule has 0 saturated carbocycles. The molecule has 0 aliphatic carbocycles. The number of β-amino-alcohol motifs (C(OH)–C–C–N with tert-alkyl or cyclic N) is 1. The molecule has 0 bridgehead atoms. The van der Waals surface area contributed by atoms with Gasteiger partial charge in [-0.2, -0.15) is 4.99 Å². The van der Waals surface area contributed by atoms with Gasteiger partial charge in [-0.25, -0.2) is 19.3 Å². The summed E-state index contributed by atoms with van der Waals surface area (Å²) < 4.78 is 10.3. The fourth-order valence-corrected chi connectivity index (χ4v) is 10.5. The van der Waals surface area contributed by atoms with Crippen LogP contribution in [0.25, 0.3) is 0 Å². The molecule has 2 aliphatic rings. The Bertz CT molecular complexity index is 4200. The number of nitrogens with zero attached hydrogens (tertiary/aromatic N) is 5. The molecule has 0 radical (unpaired) electrons. The molecule has 9 aromatic carbocycles. The van der Waals surface area contributed by atoms with E-state index in [1.165, 1.54) is 21.4 Å². The first kappa shape index (κ1) is 84.5. The molecule has 1 atom stereocenters. The molecule has 11 rings (SSSR count). The van der Waals surface area contributed by atoms with Crippen LogP contribution in [0, 0.1) is 0 Å². The third kappa shape index (κ3) is 27.2. The largest absolute Gasteiger partial charge is 0.465 e. The maximum absolute atomic E-state index is 13.6. The van der Waals surface area contributed by atoms with E-state index in [-0.39, 0.29) is 66.3 Å². The minimum absolute atomic E-state index is 0.00307. The van der Waals surface area contributed by atoms with Crippen molar-refractivity contribution in [3.63, 3.8) is 0 Å². The number of carbonyl (C=O) groups excluding carboxylic acids is 6. The highest BCUT2D eigenvalue weighted by atomic mass is 79.9. The summed E-state index contributed by atoms with van der Waals surface area (Å²) in [6.45, 7) is 17.6. The molecule has 16 nitrogen and oxygen atoms in total. The average Bonchev–Trinajstić information content (AvgIpc) is 1.58. The van der Waals surface area contributed by atoms with Crippen LogP contribution in [0.1, 0.15) is 72.1 Å². The second-order valence-corrected chi connectivity index (χ2v) is 28.2. The number of esters is 2. The molecule has 0 aromatic heterocycles. The number of aliphatic hydroxyl groups is 1. The van der Waals surface area contributed by atoms with Crippen LogP contribution in [-0.2, 0) is 45.2 Å². The zero-order chi connectivity index (χ0) is 75.3. The number of nitrogens with one attached hydrogen (secondary N) is 1. The van der Waals surface area contributed by atoms with Crippen molar-refractivity contribution in [2.24, 2.45) is 4.99 Å². The van der Waals surface area contributed by atoms with Crippen molar-refractivity contribution in [1.82, 2.24) is 0 Å². The van der Waals surface area contributed by atoms with Crippen molar-refractivity contribution < 1.29 is 43.3 Å². The zero-order valence-corrected chi connectivity index (χ0v) is 64.6. The quantitative estimate of drug-likeness (QED) is 0.0262. The van der Waals surface area contributed by atoms with E-state index in [2.05, 4.69) is 96.8 Å². The summed E-state index contributed by atoms with van der Waals surface area (Å²) in [5, 5.41) is 19.2. The number of hydrogen-bond acceptors (Lipinski definition) is 12. The number of ether oxygens (including phenoxy) is 2. The predicted octanol–water partition coefficient (Wildman–Crippen LogP) is 21.6. The summed E-state index contributed by atoms with van der Waals surface area (Å²) in [6, 6.07) is 63.6. The highest BCUT2D eigenvalue weighted by Crippen LogP contribution is 2.42. The first-order valence-electron chi connectivity index (χ1n) is 31.4. The maximum atomic E-state index is 13.6. The van der Waals surface area contributed by atoms with Crippen LogP contribution in [0.3, 0.4) is 0 Å². The van der Waals surface area contributed by atoms with E-state index in [9.17, 15) is 33.9 Å². The number of benzene rings is 9. The molecular formula is C77H76BrCl8N7O9. The van der Waals surface area contributed by atoms with Gasteiger partial charge in [-0.3, -0.25) is 29.1 Å². The van der Waals surface area contributed by atoms with Crippen molar-refractivity contribution in [1.29, 1.82) is 0 Å². The molecule has 2 saturated heterocycles. The van der Waals surface area contributed by atoms with Crippen LogP contribution >= 0.6 is 109 Å². The van der Waals surface area contributed by atoms with Crippen LogP contribution in [0.5, 0.6) is 0 Å². The average molecular weight is 1610 g/mol. The summed E-state index contributed by atoms with van der Waals surface area (Å²) >= 11 is 49.1. The summed E-state index contributed by atoms with van der Waals surface area (Å²) in [7, 11) is 0. The van der Waals surface area contributed by atoms with Gasteiger partial charge in [0.2, 0.25) is 6.08 Å². The van der Waals surface area contributed by atoms with E-state index in [4.69, 9.17) is 103 Å². The number of nitrogens with two attached hydrogens (primary N) is 1. The molecule has 5 amide bonds. The predicted molar refractivity (Wildman–Crippen MR) is 422 cm³/mol. The Balaban J connectivity index is 0.000000230. The molecule has 9 aromatic rings. The fourth-order valence-electron chi connectivity index (χ4n) is 9.14. The van der Waals surface area contributed by atoms with Crippen LogP contribution in [0.15, 0.2) is 228 Å². The van der Waals surface area contributed by atoms with Crippen LogP contribution in [-0.4, -0.2) is 79.8 Å². The molecule has 1 unspecified atom stereocenters. The number of isocyanates is 1. The number of rotatable bonds is 12. The van der Waals surface area contributed by atoms with Crippen LogP contribution < -0.4 is 30.7 Å². The van der Waals surface area contributed by atoms with Gasteiger partial charge in [0.25, 0.3) is 5.91 Å². The van der Waals surface area contributed by atoms with Gasteiger partial charge in [-0.05, 0) is 218 Å². The van der Waals surface area contributed by atoms with E-state index < -0.39 is 5.72 Å². The van der Waals surface area contributed by atoms with Gasteiger partial charge >= 0.3 is 24.0 Å². The Hall–Kier alpha value is -8.13. The number of halogens is 9. The highest BCUT2D eigenvalue weighted by Gasteiger charge is 2.51. The zero-order valence-electron chi connectivity index (χ0n) is 57.0. The normalized spacial score (nSPS) is 13.6. The first-order chi connectivity index (χ1) is 48.3. The number of alkyl halides is 1. The van der Waals surface area contributed by atoms with Crippen molar-refractivity contribution in [2.45, 2.75) is 71.9 Å². The number of amides is 5. The Morgan fingerprint density at radius 3 is 1.36 bits per heavy atom. The van der Waals surface area contributed by atoms with E-state index in [1.807, 2.05) is 36.4 Å². The summed E-state index contributed by atoms with van der Waals surface area (Å²) in [4.78, 5) is 77.8. The van der Waals surface area contributed by atoms with Crippen LogP contribution in [0.4, 0.5) is 49.4 Å². The van der Waals surface area contributed by atoms with Gasteiger partial charge in [-0.1, -0.05) is 175 Å². The van der Waals surface area contributed by atoms with E-state index >= 15 is 0 Å². The van der Waals surface area contributed by atoms with Crippen LogP contribution in [0.2, 0.25) is 35.2 Å². The Kier molecular flexibility index (Phi) is 34.2. The summed E-state index contributed by atoms with van der Waals surface area (Å²) in [5.74, 6) is -0.947. The SMILES string of the molecule is CC(C)(C)c1cccc(Br)c1.CC(C)(C)c1cccc(C2(O)CN(c3ccc(Cl)cc3)C(=O)N2c2ccc(Cl)cc2)c1.CCOC(=O)CCl.CCOC(=O)CNc1ccc(Cl)cc1.Nc1ccc(Cl)cc1.O=C1CN(c2ccc(Cl)cc2)C(=O)N1c1ccc(Cl)cc1.O=C=Nc1ccc(Cl)cc1. The molecule has 536 valence electrons. The number of carbonyl (C=O) groups is 5. The Labute approximate surface area is 643 Å². The lowest BCUT2D eigenvalue weighted by atomic mass is 9.85. The van der Waals surface area contributed by atoms with Gasteiger partial charge in [0, 0.05) is 73.6 Å². The number of imide groups is 1. The molecule has 4 N–H and O–H groups in total. The molecular weight excluding hydrogens is 1530 g/mol. The van der Waals surface area contributed by atoms with Gasteiger partial charge in [0.15, 0.2) is 5.72 Å². The maximum Gasteiger partial charge on any atom is 0.336 e. The summed E-state index contributed by atoms with van der Waals surface area (Å²) in [5.41, 5.74) is 11.6. The second kappa shape index (κ2) is 41.2. The molecule has 25 heteroatoms. The smallest absolute Gasteiger partial charge is 0.336 e. The standard InChI is InChI=1S/C25H24Cl2N2O2.C15H10Cl2N2O2.C10H13Br.C10H12ClNO2.C7H4ClNO.C6H6ClN.C4H7ClO2/c1-24(2,3)17-5-4-6-18(15-17)25(31)16-28(21-11-7-19(26)8-12-21)23(30)29(25)22-13-9-20(27)10-14-22;16-10-1-5-12(6-2-10)18-9-14(20)19(15(18)21)13-7-3-11(17)4-8-13;1-10(2,3)8-5-4-6-9(11)7-8;1-2-14-10(13)7-12-9-5-3-8(11)4-6-9;8-6-1-3-7(4-2-6)9-5-10;7-5-1-3-6(8)4-2-5;1-2-7-4(6)3-5/h4-15,31H,16H2,1-3H3;1-8H,9H2;4-7H,1-3H3;3-6,12H,2,7H2,1H3;1-4H;1-4H,8H2;2-3H2,1H3. The molecule has 2 fully saturated rings. The van der Waals surface area contributed by atoms with Gasteiger partial charge < -0.3 is 25.6 Å². The highest BCUT2D eigenvalue weighted by molar-refractivity contribution is 9.10. The van der Waals surface area contributed by atoms with Gasteiger partial charge in [0.1, 0.15) is 19.0 Å². The van der Waals surface area contributed by atoms with E-state index in [0.29, 0.717) is 77.3 Å². The van der Waals surface area contributed by atoms with Crippen molar-refractivity contribution in [3.05, 3.63) is 275 Å². The minimum Gasteiger partial charge on any atom is -0.465 e. The molecule has 2 heterocycles. The fraction of sp³-hybridized carbons (Fsp3) is 0.221. The lowest BCUT2D eigenvalue weighted by molar-refractivity contribution is -0.141. The van der Waals surface area contributed by atoms with E-state index in [1.54, 1.807) is 176 Å². The van der Waals surface area contributed by atoms with Crippen molar-refractivity contribution >= 4 is 185 Å². The molecule has 2 aliphatic heterocycles. The van der Waals surface area contributed by atoms with Crippen molar-refractivity contribution in [2.75, 3.05) is 69.4 Å². The molecule has 102 heavy (non-hydrogen) atoms. The third-order valence-corrected chi connectivity index (χ3v) is 16.8.